The zero-order valence-corrected chi connectivity index (χ0v) is 12.7. The number of benzene rings is 1. The van der Waals surface area contributed by atoms with Crippen molar-refractivity contribution >= 4 is 17.3 Å². The minimum atomic E-state index is -4.57. The molecule has 0 aliphatic carbocycles. The lowest BCUT2D eigenvalue weighted by Gasteiger charge is -2.08. The van der Waals surface area contributed by atoms with E-state index in [4.69, 9.17) is 5.73 Å². The molecule has 24 heavy (non-hydrogen) atoms. The number of anilines is 2. The molecule has 0 saturated carbocycles. The summed E-state index contributed by atoms with van der Waals surface area (Å²) in [7, 11) is 0. The van der Waals surface area contributed by atoms with Crippen LogP contribution in [-0.2, 0) is 6.18 Å². The molecule has 1 aromatic heterocycles. The van der Waals surface area contributed by atoms with Gasteiger partial charge in [-0.3, -0.25) is 9.78 Å². The molecule has 1 heterocycles. The SMILES string of the molecule is CC.Nc1cc(NC(=O)c2ccc(C(F)(F)F)cn2)cc(F)c1F. The maximum Gasteiger partial charge on any atom is 0.417 e. The van der Waals surface area contributed by atoms with Crippen LogP contribution >= 0.6 is 0 Å². The van der Waals surface area contributed by atoms with Gasteiger partial charge in [-0.15, -0.1) is 0 Å². The maximum absolute atomic E-state index is 13.1. The zero-order valence-electron chi connectivity index (χ0n) is 12.7. The first-order valence-electron chi connectivity index (χ1n) is 6.77. The molecule has 0 aliphatic heterocycles. The number of nitrogens with one attached hydrogen (secondary N) is 1. The molecule has 2 rings (SSSR count). The summed E-state index contributed by atoms with van der Waals surface area (Å²) in [5.74, 6) is -3.42. The third kappa shape index (κ3) is 4.64. The first-order valence-corrected chi connectivity index (χ1v) is 6.77. The number of aromatic nitrogens is 1. The van der Waals surface area contributed by atoms with Crippen molar-refractivity contribution in [1.82, 2.24) is 4.98 Å². The van der Waals surface area contributed by atoms with E-state index in [0.717, 1.165) is 12.1 Å². The van der Waals surface area contributed by atoms with Crippen molar-refractivity contribution < 1.29 is 26.7 Å². The fourth-order valence-electron chi connectivity index (χ4n) is 1.57. The summed E-state index contributed by atoms with van der Waals surface area (Å²) in [6.45, 7) is 4.00. The van der Waals surface area contributed by atoms with Gasteiger partial charge in [-0.1, -0.05) is 13.8 Å². The van der Waals surface area contributed by atoms with E-state index in [-0.39, 0.29) is 11.4 Å². The Kier molecular flexibility index (Phi) is 6.21. The summed E-state index contributed by atoms with van der Waals surface area (Å²) in [6.07, 6.45) is -4.08. The van der Waals surface area contributed by atoms with Crippen LogP contribution in [0.3, 0.4) is 0 Å². The molecule has 0 fully saturated rings. The quantitative estimate of drug-likeness (QED) is 0.631. The summed E-state index contributed by atoms with van der Waals surface area (Å²) in [5, 5.41) is 2.16. The molecule has 0 bridgehead atoms. The number of nitrogens with two attached hydrogens (primary N) is 1. The number of amides is 1. The number of rotatable bonds is 2. The highest BCUT2D eigenvalue weighted by molar-refractivity contribution is 6.03. The molecule has 4 nitrogen and oxygen atoms in total. The Bertz CT molecular complexity index is 691. The smallest absolute Gasteiger partial charge is 0.396 e. The van der Waals surface area contributed by atoms with Crippen LogP contribution in [0.1, 0.15) is 29.9 Å². The number of hydrogen-bond acceptors (Lipinski definition) is 3. The standard InChI is InChI=1S/C13H8F5N3O.C2H6/c14-8-3-7(4-9(19)11(8)15)21-12(22)10-2-1-6(5-20-10)13(16,17)18;1-2/h1-5H,19H2,(H,21,22);1-2H3. The first-order chi connectivity index (χ1) is 11.2. The van der Waals surface area contributed by atoms with Crippen LogP contribution in [0, 0.1) is 11.6 Å². The number of carbonyl (C=O) groups excluding carboxylic acids is 1. The molecule has 3 N–H and O–H groups in total. The summed E-state index contributed by atoms with van der Waals surface area (Å²) in [4.78, 5) is 15.1. The summed E-state index contributed by atoms with van der Waals surface area (Å²) in [5.41, 5.74) is 3.19. The van der Waals surface area contributed by atoms with Crippen LogP contribution in [-0.4, -0.2) is 10.9 Å². The first kappa shape index (κ1) is 19.3. The van der Waals surface area contributed by atoms with Crippen molar-refractivity contribution in [3.63, 3.8) is 0 Å². The molecular weight excluding hydrogens is 333 g/mol. The number of nitrogen functional groups attached to an aromatic ring is 1. The predicted molar refractivity (Wildman–Crippen MR) is 79.3 cm³/mol. The van der Waals surface area contributed by atoms with Gasteiger partial charge in [-0.2, -0.15) is 13.2 Å². The molecule has 130 valence electrons. The Morgan fingerprint density at radius 1 is 1.17 bits per heavy atom. The van der Waals surface area contributed by atoms with Gasteiger partial charge in [0.25, 0.3) is 5.91 Å². The van der Waals surface area contributed by atoms with Crippen molar-refractivity contribution in [3.05, 3.63) is 53.4 Å². The van der Waals surface area contributed by atoms with Gasteiger partial charge in [0.2, 0.25) is 0 Å². The molecule has 2 aromatic rings. The van der Waals surface area contributed by atoms with Crippen LogP contribution < -0.4 is 11.1 Å². The highest BCUT2D eigenvalue weighted by atomic mass is 19.4. The van der Waals surface area contributed by atoms with E-state index in [1.54, 1.807) is 0 Å². The van der Waals surface area contributed by atoms with E-state index >= 15 is 0 Å². The molecule has 9 heteroatoms. The van der Waals surface area contributed by atoms with Crippen molar-refractivity contribution in [1.29, 1.82) is 0 Å². The van der Waals surface area contributed by atoms with E-state index in [9.17, 15) is 26.7 Å². The highest BCUT2D eigenvalue weighted by Gasteiger charge is 2.30. The van der Waals surface area contributed by atoms with Gasteiger partial charge >= 0.3 is 6.18 Å². The molecule has 0 aliphatic rings. The molecule has 1 aromatic carbocycles. The van der Waals surface area contributed by atoms with Crippen LogP contribution in [0.4, 0.5) is 33.3 Å². The van der Waals surface area contributed by atoms with E-state index in [2.05, 4.69) is 10.3 Å². The fraction of sp³-hybridized carbons (Fsp3) is 0.200. The van der Waals surface area contributed by atoms with Crippen LogP contribution in [0.2, 0.25) is 0 Å². The minimum Gasteiger partial charge on any atom is -0.396 e. The monoisotopic (exact) mass is 347 g/mol. The van der Waals surface area contributed by atoms with Gasteiger partial charge in [0.1, 0.15) is 5.69 Å². The molecule has 0 saturated heterocycles. The van der Waals surface area contributed by atoms with E-state index in [1.807, 2.05) is 13.8 Å². The van der Waals surface area contributed by atoms with E-state index in [0.29, 0.717) is 18.3 Å². The van der Waals surface area contributed by atoms with Gasteiger partial charge in [0.15, 0.2) is 11.6 Å². The van der Waals surface area contributed by atoms with Crippen LogP contribution in [0.15, 0.2) is 30.5 Å². The molecule has 0 spiro atoms. The second-order valence-corrected chi connectivity index (χ2v) is 4.25. The summed E-state index contributed by atoms with van der Waals surface area (Å²) >= 11 is 0. The Balaban J connectivity index is 0.00000139. The lowest BCUT2D eigenvalue weighted by Crippen LogP contribution is -2.15. The lowest BCUT2D eigenvalue weighted by atomic mass is 10.2. The van der Waals surface area contributed by atoms with Crippen molar-refractivity contribution in [2.45, 2.75) is 20.0 Å². The number of pyridine rings is 1. The third-order valence-electron chi connectivity index (χ3n) is 2.64. The number of halogens is 5. The predicted octanol–water partition coefficient (Wildman–Crippen LogP) is 4.24. The minimum absolute atomic E-state index is 0.150. The Hall–Kier alpha value is -2.71. The molecule has 0 atom stereocenters. The Morgan fingerprint density at radius 2 is 1.79 bits per heavy atom. The van der Waals surface area contributed by atoms with Gasteiger partial charge < -0.3 is 11.1 Å². The average Bonchev–Trinajstić information content (AvgIpc) is 2.53. The molecule has 0 unspecified atom stereocenters. The number of alkyl halides is 3. The van der Waals surface area contributed by atoms with Gasteiger partial charge in [-0.25, -0.2) is 8.78 Å². The van der Waals surface area contributed by atoms with Crippen molar-refractivity contribution in [2.24, 2.45) is 0 Å². The Labute approximate surface area is 134 Å². The molecule has 1 amide bonds. The van der Waals surface area contributed by atoms with Gasteiger partial charge in [0.05, 0.1) is 11.3 Å². The maximum atomic E-state index is 13.1. The van der Waals surface area contributed by atoms with Gasteiger partial charge in [-0.05, 0) is 18.2 Å². The largest absolute Gasteiger partial charge is 0.417 e. The molecular formula is C15H14F5N3O. The Morgan fingerprint density at radius 3 is 2.25 bits per heavy atom. The zero-order chi connectivity index (χ0) is 18.5. The highest BCUT2D eigenvalue weighted by Crippen LogP contribution is 2.28. The summed E-state index contributed by atoms with van der Waals surface area (Å²) < 4.78 is 63.2. The normalized spacial score (nSPS) is 10.6. The van der Waals surface area contributed by atoms with E-state index < -0.39 is 35.0 Å². The van der Waals surface area contributed by atoms with Crippen molar-refractivity contribution in [2.75, 3.05) is 11.1 Å². The van der Waals surface area contributed by atoms with Crippen LogP contribution in [0.5, 0.6) is 0 Å². The number of nitrogens with zero attached hydrogens (tertiary/aromatic N) is 1. The van der Waals surface area contributed by atoms with Crippen LogP contribution in [0.25, 0.3) is 0 Å². The average molecular weight is 347 g/mol. The molecule has 0 radical (unpaired) electrons. The second-order valence-electron chi connectivity index (χ2n) is 4.25. The lowest BCUT2D eigenvalue weighted by molar-refractivity contribution is -0.137. The number of hydrogen-bond donors (Lipinski definition) is 2. The summed E-state index contributed by atoms with van der Waals surface area (Å²) in [6, 6.07) is 3.21. The number of carbonyl (C=O) groups is 1. The second kappa shape index (κ2) is 7.71. The van der Waals surface area contributed by atoms with Gasteiger partial charge in [0, 0.05) is 18.0 Å². The fourth-order valence-corrected chi connectivity index (χ4v) is 1.57. The van der Waals surface area contributed by atoms with Crippen molar-refractivity contribution in [3.8, 4) is 0 Å². The topological polar surface area (TPSA) is 68.0 Å². The third-order valence-corrected chi connectivity index (χ3v) is 2.64. The van der Waals surface area contributed by atoms with E-state index in [1.165, 1.54) is 0 Å².